The van der Waals surface area contributed by atoms with E-state index in [9.17, 15) is 0 Å². The van der Waals surface area contributed by atoms with Crippen molar-refractivity contribution in [1.82, 2.24) is 26.1 Å². The maximum atomic E-state index is 5.80. The highest BCUT2D eigenvalue weighted by Crippen LogP contribution is 2.24. The van der Waals surface area contributed by atoms with Crippen molar-refractivity contribution in [3.05, 3.63) is 59.6 Å². The molecule has 6 nitrogen and oxygen atoms in total. The summed E-state index contributed by atoms with van der Waals surface area (Å²) in [5.41, 5.74) is 9.78. The van der Waals surface area contributed by atoms with E-state index >= 15 is 0 Å². The summed E-state index contributed by atoms with van der Waals surface area (Å²) in [6, 6.07) is 11.6. The number of hydrazine groups is 2. The van der Waals surface area contributed by atoms with Crippen LogP contribution in [0.2, 0.25) is 5.15 Å². The van der Waals surface area contributed by atoms with Gasteiger partial charge in [0.2, 0.25) is 0 Å². The standard InChI is InChI=1S/C14H11ClN6/c15-13-6-5-9(7-16-13)21-8-12(18-20-21)14-10-3-1-2-4-11(10)17-19-14/h1-8,18,20H,(H,17,19). The van der Waals surface area contributed by atoms with Crippen LogP contribution in [-0.4, -0.2) is 15.2 Å². The molecule has 21 heavy (non-hydrogen) atoms. The summed E-state index contributed by atoms with van der Waals surface area (Å²) in [5, 5.41) is 10.7. The minimum atomic E-state index is 0.466. The maximum absolute atomic E-state index is 5.80. The van der Waals surface area contributed by atoms with Crippen molar-refractivity contribution in [2.75, 3.05) is 5.01 Å². The molecule has 4 rings (SSSR count). The van der Waals surface area contributed by atoms with Crippen molar-refractivity contribution in [2.45, 2.75) is 0 Å². The number of hydrogen-bond donors (Lipinski definition) is 3. The van der Waals surface area contributed by atoms with Crippen LogP contribution in [0, 0.1) is 0 Å². The van der Waals surface area contributed by atoms with E-state index < -0.39 is 0 Å². The number of para-hydroxylation sites is 1. The number of rotatable bonds is 2. The van der Waals surface area contributed by atoms with E-state index in [1.54, 1.807) is 12.3 Å². The van der Waals surface area contributed by atoms with E-state index in [0.717, 1.165) is 28.0 Å². The van der Waals surface area contributed by atoms with Crippen molar-refractivity contribution < 1.29 is 0 Å². The van der Waals surface area contributed by atoms with Crippen LogP contribution in [0.15, 0.2) is 48.8 Å². The lowest BCUT2D eigenvalue weighted by molar-refractivity contribution is 0.686. The van der Waals surface area contributed by atoms with Crippen LogP contribution < -0.4 is 16.0 Å². The second kappa shape index (κ2) is 4.76. The Balaban J connectivity index is 1.70. The molecule has 0 saturated carbocycles. The third-order valence-corrected chi connectivity index (χ3v) is 3.51. The molecule has 3 N–H and O–H groups in total. The van der Waals surface area contributed by atoms with Gasteiger partial charge in [-0.25, -0.2) is 4.98 Å². The van der Waals surface area contributed by atoms with Gasteiger partial charge in [-0.3, -0.25) is 15.5 Å². The number of hydrogen-bond acceptors (Lipinski definition) is 5. The quantitative estimate of drug-likeness (QED) is 0.634. The molecule has 0 aliphatic carbocycles. The third-order valence-electron chi connectivity index (χ3n) is 3.28. The van der Waals surface area contributed by atoms with Crippen molar-refractivity contribution in [2.24, 2.45) is 0 Å². The largest absolute Gasteiger partial charge is 0.300 e. The van der Waals surface area contributed by atoms with Crippen LogP contribution in [0.3, 0.4) is 0 Å². The Hall–Kier alpha value is -2.57. The molecule has 2 aromatic heterocycles. The van der Waals surface area contributed by atoms with E-state index in [4.69, 9.17) is 11.6 Å². The highest BCUT2D eigenvalue weighted by atomic mass is 35.5. The highest BCUT2D eigenvalue weighted by molar-refractivity contribution is 6.29. The number of halogens is 1. The topological polar surface area (TPSA) is 68.9 Å². The molecule has 0 atom stereocenters. The van der Waals surface area contributed by atoms with E-state index in [1.807, 2.05) is 41.5 Å². The molecule has 1 aromatic carbocycles. The number of nitrogens with one attached hydrogen (secondary N) is 3. The molecule has 0 saturated heterocycles. The first-order chi connectivity index (χ1) is 10.3. The van der Waals surface area contributed by atoms with Crippen LogP contribution in [0.25, 0.3) is 16.6 Å². The van der Waals surface area contributed by atoms with Crippen molar-refractivity contribution in [3.63, 3.8) is 0 Å². The Morgan fingerprint density at radius 1 is 1.10 bits per heavy atom. The number of H-pyrrole nitrogens is 1. The van der Waals surface area contributed by atoms with Crippen LogP contribution >= 0.6 is 11.6 Å². The first-order valence-corrected chi connectivity index (χ1v) is 6.77. The fraction of sp³-hybridized carbons (Fsp3) is 0. The normalized spacial score (nSPS) is 14.3. The molecular weight excluding hydrogens is 288 g/mol. The smallest absolute Gasteiger partial charge is 0.129 e. The Morgan fingerprint density at radius 2 is 2.00 bits per heavy atom. The molecule has 7 heteroatoms. The first kappa shape index (κ1) is 12.2. The van der Waals surface area contributed by atoms with Gasteiger partial charge in [0.25, 0.3) is 0 Å². The Morgan fingerprint density at radius 3 is 2.86 bits per heavy atom. The molecule has 1 aliphatic heterocycles. The van der Waals surface area contributed by atoms with Gasteiger partial charge in [0, 0.05) is 5.39 Å². The zero-order valence-corrected chi connectivity index (χ0v) is 11.6. The average Bonchev–Trinajstić information content (AvgIpc) is 3.14. The van der Waals surface area contributed by atoms with Gasteiger partial charge in [-0.05, 0) is 18.2 Å². The van der Waals surface area contributed by atoms with Gasteiger partial charge >= 0.3 is 0 Å². The number of pyridine rings is 1. The molecule has 1 aliphatic rings. The second-order valence-corrected chi connectivity index (χ2v) is 4.99. The van der Waals surface area contributed by atoms with Crippen LogP contribution in [0.4, 0.5) is 5.69 Å². The van der Waals surface area contributed by atoms with Gasteiger partial charge < -0.3 is 0 Å². The van der Waals surface area contributed by atoms with Gasteiger partial charge in [0.05, 0.1) is 29.3 Å². The predicted molar refractivity (Wildman–Crippen MR) is 82.1 cm³/mol. The molecular formula is C14H11ClN6. The van der Waals surface area contributed by atoms with Gasteiger partial charge in [-0.1, -0.05) is 29.8 Å². The number of aromatic nitrogens is 3. The number of fused-ring (bicyclic) bond motifs is 1. The summed E-state index contributed by atoms with van der Waals surface area (Å²) in [6.45, 7) is 0. The van der Waals surface area contributed by atoms with E-state index in [-0.39, 0.29) is 0 Å². The fourth-order valence-electron chi connectivity index (χ4n) is 2.25. The summed E-state index contributed by atoms with van der Waals surface area (Å²) in [5.74, 6) is 0. The van der Waals surface area contributed by atoms with E-state index in [2.05, 4.69) is 26.1 Å². The summed E-state index contributed by atoms with van der Waals surface area (Å²) < 4.78 is 0. The zero-order valence-electron chi connectivity index (χ0n) is 10.8. The summed E-state index contributed by atoms with van der Waals surface area (Å²) >= 11 is 5.80. The third kappa shape index (κ3) is 2.10. The summed E-state index contributed by atoms with van der Waals surface area (Å²) in [6.07, 6.45) is 3.62. The Labute approximate surface area is 125 Å². The molecule has 104 valence electrons. The molecule has 0 fully saturated rings. The van der Waals surface area contributed by atoms with Crippen LogP contribution in [-0.2, 0) is 0 Å². The average molecular weight is 299 g/mol. The lowest BCUT2D eigenvalue weighted by Crippen LogP contribution is -2.36. The van der Waals surface area contributed by atoms with Gasteiger partial charge in [-0.2, -0.15) is 5.10 Å². The van der Waals surface area contributed by atoms with Crippen molar-refractivity contribution in [3.8, 4) is 0 Å². The molecule has 0 unspecified atom stereocenters. The van der Waals surface area contributed by atoms with E-state index in [0.29, 0.717) is 5.15 Å². The zero-order chi connectivity index (χ0) is 14.2. The number of nitrogens with zero attached hydrogens (tertiary/aromatic N) is 3. The second-order valence-electron chi connectivity index (χ2n) is 4.61. The molecule has 0 spiro atoms. The fourth-order valence-corrected chi connectivity index (χ4v) is 2.36. The lowest BCUT2D eigenvalue weighted by Gasteiger charge is -2.14. The number of anilines is 1. The summed E-state index contributed by atoms with van der Waals surface area (Å²) in [4.78, 5) is 4.07. The van der Waals surface area contributed by atoms with Gasteiger partial charge in [0.15, 0.2) is 0 Å². The van der Waals surface area contributed by atoms with Crippen LogP contribution in [0.5, 0.6) is 0 Å². The summed E-state index contributed by atoms with van der Waals surface area (Å²) in [7, 11) is 0. The van der Waals surface area contributed by atoms with Crippen molar-refractivity contribution in [1.29, 1.82) is 0 Å². The first-order valence-electron chi connectivity index (χ1n) is 6.39. The minimum Gasteiger partial charge on any atom is -0.300 e. The van der Waals surface area contributed by atoms with Gasteiger partial charge in [0.1, 0.15) is 10.8 Å². The lowest BCUT2D eigenvalue weighted by atomic mass is 10.2. The number of aromatic amines is 1. The Kier molecular flexibility index (Phi) is 2.77. The van der Waals surface area contributed by atoms with Gasteiger partial charge in [-0.15, -0.1) is 5.53 Å². The van der Waals surface area contributed by atoms with Crippen molar-refractivity contribution >= 4 is 33.9 Å². The molecule has 0 radical (unpaired) electrons. The molecule has 3 heterocycles. The predicted octanol–water partition coefficient (Wildman–Crippen LogP) is 2.44. The minimum absolute atomic E-state index is 0.466. The van der Waals surface area contributed by atoms with Crippen LogP contribution in [0.1, 0.15) is 5.69 Å². The SMILES string of the molecule is Clc1ccc(N2C=C(c3n[nH]c4ccccc34)NN2)cn1. The Bertz CT molecular complexity index is 823. The molecule has 3 aromatic rings. The number of benzene rings is 1. The maximum Gasteiger partial charge on any atom is 0.129 e. The molecule has 0 bridgehead atoms. The monoisotopic (exact) mass is 298 g/mol. The highest BCUT2D eigenvalue weighted by Gasteiger charge is 2.18. The molecule has 0 amide bonds. The van der Waals surface area contributed by atoms with E-state index in [1.165, 1.54) is 0 Å².